The summed E-state index contributed by atoms with van der Waals surface area (Å²) in [6, 6.07) is 16.0. The molecule has 0 aliphatic rings. The van der Waals surface area contributed by atoms with Gasteiger partial charge in [0.1, 0.15) is 11.9 Å². The molecule has 18 heavy (non-hydrogen) atoms. The molecule has 0 heterocycles. The van der Waals surface area contributed by atoms with E-state index >= 15 is 0 Å². The maximum absolute atomic E-state index is 5.96. The Morgan fingerprint density at radius 2 is 1.94 bits per heavy atom. The van der Waals surface area contributed by atoms with Gasteiger partial charge in [-0.3, -0.25) is 0 Å². The second-order valence-corrected chi connectivity index (χ2v) is 5.03. The third-order valence-electron chi connectivity index (χ3n) is 2.73. The molecule has 0 aliphatic heterocycles. The molecule has 3 heteroatoms. The van der Waals surface area contributed by atoms with Crippen LogP contribution in [0.2, 0.25) is 0 Å². The SMILES string of the molecule is Cc1cccc(OC(CN)c2ccccc2Br)c1. The van der Waals surface area contributed by atoms with Crippen molar-refractivity contribution in [1.82, 2.24) is 0 Å². The third kappa shape index (κ3) is 3.12. The highest BCUT2D eigenvalue weighted by Crippen LogP contribution is 2.27. The maximum atomic E-state index is 5.96. The fraction of sp³-hybridized carbons (Fsp3) is 0.200. The van der Waals surface area contributed by atoms with Crippen molar-refractivity contribution in [2.75, 3.05) is 6.54 Å². The van der Waals surface area contributed by atoms with Crippen molar-refractivity contribution in [1.29, 1.82) is 0 Å². The average Bonchev–Trinajstić information content (AvgIpc) is 2.37. The van der Waals surface area contributed by atoms with E-state index in [1.54, 1.807) is 0 Å². The van der Waals surface area contributed by atoms with Gasteiger partial charge in [-0.05, 0) is 30.7 Å². The molecule has 0 saturated heterocycles. The van der Waals surface area contributed by atoms with Crippen molar-refractivity contribution >= 4 is 15.9 Å². The van der Waals surface area contributed by atoms with Crippen LogP contribution in [0.1, 0.15) is 17.2 Å². The quantitative estimate of drug-likeness (QED) is 0.931. The highest BCUT2D eigenvalue weighted by atomic mass is 79.9. The summed E-state index contributed by atoms with van der Waals surface area (Å²) >= 11 is 3.53. The van der Waals surface area contributed by atoms with E-state index < -0.39 is 0 Å². The molecule has 0 spiro atoms. The molecule has 0 aromatic heterocycles. The number of halogens is 1. The first kappa shape index (κ1) is 13.1. The van der Waals surface area contributed by atoms with Gasteiger partial charge in [-0.25, -0.2) is 0 Å². The van der Waals surface area contributed by atoms with Crippen LogP contribution in [-0.2, 0) is 0 Å². The van der Waals surface area contributed by atoms with Gasteiger partial charge >= 0.3 is 0 Å². The summed E-state index contributed by atoms with van der Waals surface area (Å²) in [6.07, 6.45) is -0.137. The van der Waals surface area contributed by atoms with E-state index in [-0.39, 0.29) is 6.10 Å². The van der Waals surface area contributed by atoms with Crippen LogP contribution in [0.3, 0.4) is 0 Å². The van der Waals surface area contributed by atoms with Gasteiger partial charge in [-0.15, -0.1) is 0 Å². The summed E-state index contributed by atoms with van der Waals surface area (Å²) < 4.78 is 6.98. The van der Waals surface area contributed by atoms with E-state index in [9.17, 15) is 0 Å². The van der Waals surface area contributed by atoms with Gasteiger partial charge in [-0.1, -0.05) is 46.3 Å². The lowest BCUT2D eigenvalue weighted by molar-refractivity contribution is 0.213. The number of nitrogens with two attached hydrogens (primary N) is 1. The molecule has 0 saturated carbocycles. The highest BCUT2D eigenvalue weighted by Gasteiger charge is 2.14. The van der Waals surface area contributed by atoms with E-state index in [1.165, 1.54) is 5.56 Å². The molecule has 2 aromatic carbocycles. The topological polar surface area (TPSA) is 35.2 Å². The second kappa shape index (κ2) is 6.03. The Morgan fingerprint density at radius 3 is 2.61 bits per heavy atom. The molecule has 2 N–H and O–H groups in total. The maximum Gasteiger partial charge on any atom is 0.137 e. The van der Waals surface area contributed by atoms with Crippen molar-refractivity contribution in [3.63, 3.8) is 0 Å². The lowest BCUT2D eigenvalue weighted by Gasteiger charge is -2.19. The summed E-state index contributed by atoms with van der Waals surface area (Å²) in [7, 11) is 0. The van der Waals surface area contributed by atoms with Crippen LogP contribution in [0.25, 0.3) is 0 Å². The third-order valence-corrected chi connectivity index (χ3v) is 3.46. The molecular weight excluding hydrogens is 290 g/mol. The first-order valence-corrected chi connectivity index (χ1v) is 6.68. The Morgan fingerprint density at radius 1 is 1.17 bits per heavy atom. The minimum absolute atomic E-state index is 0.137. The lowest BCUT2D eigenvalue weighted by Crippen LogP contribution is -2.18. The van der Waals surface area contributed by atoms with Crippen LogP contribution >= 0.6 is 15.9 Å². The van der Waals surface area contributed by atoms with Crippen LogP contribution < -0.4 is 10.5 Å². The second-order valence-electron chi connectivity index (χ2n) is 4.18. The van der Waals surface area contributed by atoms with Gasteiger partial charge < -0.3 is 10.5 Å². The smallest absolute Gasteiger partial charge is 0.137 e. The lowest BCUT2D eigenvalue weighted by atomic mass is 10.1. The summed E-state index contributed by atoms with van der Waals surface area (Å²) in [5.41, 5.74) is 8.06. The molecule has 0 amide bonds. The number of benzene rings is 2. The van der Waals surface area contributed by atoms with Crippen molar-refractivity contribution in [3.8, 4) is 5.75 Å². The monoisotopic (exact) mass is 305 g/mol. The van der Waals surface area contributed by atoms with Gasteiger partial charge in [0.15, 0.2) is 0 Å². The molecule has 0 aliphatic carbocycles. The average molecular weight is 306 g/mol. The molecule has 2 aromatic rings. The summed E-state index contributed by atoms with van der Waals surface area (Å²) in [4.78, 5) is 0. The predicted octanol–water partition coefficient (Wildman–Crippen LogP) is 3.84. The van der Waals surface area contributed by atoms with Crippen molar-refractivity contribution in [2.45, 2.75) is 13.0 Å². The van der Waals surface area contributed by atoms with E-state index in [0.29, 0.717) is 6.54 Å². The van der Waals surface area contributed by atoms with E-state index in [1.807, 2.05) is 55.5 Å². The predicted molar refractivity (Wildman–Crippen MR) is 77.7 cm³/mol. The Hall–Kier alpha value is -1.32. The fourth-order valence-electron chi connectivity index (χ4n) is 1.83. The zero-order chi connectivity index (χ0) is 13.0. The van der Waals surface area contributed by atoms with Crippen LogP contribution in [0.15, 0.2) is 53.0 Å². The van der Waals surface area contributed by atoms with Crippen LogP contribution in [0.4, 0.5) is 0 Å². The zero-order valence-corrected chi connectivity index (χ0v) is 11.9. The Bertz CT molecular complexity index is 527. The molecule has 94 valence electrons. The van der Waals surface area contributed by atoms with E-state index in [0.717, 1.165) is 15.8 Å². The Kier molecular flexibility index (Phi) is 4.39. The zero-order valence-electron chi connectivity index (χ0n) is 10.3. The van der Waals surface area contributed by atoms with Crippen molar-refractivity contribution in [3.05, 3.63) is 64.1 Å². The largest absolute Gasteiger partial charge is 0.484 e. The van der Waals surface area contributed by atoms with Gasteiger partial charge in [-0.2, -0.15) is 0 Å². The summed E-state index contributed by atoms with van der Waals surface area (Å²) in [5, 5.41) is 0. The molecule has 0 fully saturated rings. The summed E-state index contributed by atoms with van der Waals surface area (Å²) in [5.74, 6) is 0.848. The van der Waals surface area contributed by atoms with Crippen LogP contribution in [0.5, 0.6) is 5.75 Å². The van der Waals surface area contributed by atoms with Crippen molar-refractivity contribution in [2.24, 2.45) is 5.73 Å². The molecule has 0 radical (unpaired) electrons. The van der Waals surface area contributed by atoms with Gasteiger partial charge in [0.25, 0.3) is 0 Å². The van der Waals surface area contributed by atoms with Crippen molar-refractivity contribution < 1.29 is 4.74 Å². The van der Waals surface area contributed by atoms with Crippen LogP contribution in [0, 0.1) is 6.92 Å². The normalized spacial score (nSPS) is 12.2. The molecule has 1 atom stereocenters. The fourth-order valence-corrected chi connectivity index (χ4v) is 2.37. The Labute approximate surface area is 116 Å². The molecule has 0 bridgehead atoms. The number of aryl methyl sites for hydroxylation is 1. The number of ether oxygens (including phenoxy) is 1. The highest BCUT2D eigenvalue weighted by molar-refractivity contribution is 9.10. The number of hydrogen-bond donors (Lipinski definition) is 1. The number of rotatable bonds is 4. The minimum atomic E-state index is -0.137. The standard InChI is InChI=1S/C15H16BrNO/c1-11-5-4-6-12(9-11)18-15(10-17)13-7-2-3-8-14(13)16/h2-9,15H,10,17H2,1H3. The molecule has 2 nitrogen and oxygen atoms in total. The number of hydrogen-bond acceptors (Lipinski definition) is 2. The van der Waals surface area contributed by atoms with Gasteiger partial charge in [0, 0.05) is 16.6 Å². The van der Waals surface area contributed by atoms with Gasteiger partial charge in [0.05, 0.1) is 0 Å². The first-order valence-electron chi connectivity index (χ1n) is 5.88. The van der Waals surface area contributed by atoms with Crippen LogP contribution in [-0.4, -0.2) is 6.54 Å². The first-order chi connectivity index (χ1) is 8.70. The molecule has 2 rings (SSSR count). The molecule has 1 unspecified atom stereocenters. The summed E-state index contributed by atoms with van der Waals surface area (Å²) in [6.45, 7) is 2.49. The van der Waals surface area contributed by atoms with E-state index in [2.05, 4.69) is 15.9 Å². The van der Waals surface area contributed by atoms with Gasteiger partial charge in [0.2, 0.25) is 0 Å². The minimum Gasteiger partial charge on any atom is -0.484 e. The Balaban J connectivity index is 2.23. The molecular formula is C15H16BrNO. The van der Waals surface area contributed by atoms with E-state index in [4.69, 9.17) is 10.5 Å².